The predicted molar refractivity (Wildman–Crippen MR) is 87.3 cm³/mol. The number of halogens is 1. The molecule has 1 atom stereocenters. The number of hydrogen-bond donors (Lipinski definition) is 1. The maximum absolute atomic E-state index is 11.3. The molecule has 6 nitrogen and oxygen atoms in total. The first-order chi connectivity index (χ1) is 9.91. The predicted octanol–water partition coefficient (Wildman–Crippen LogP) is 1.68. The zero-order valence-corrected chi connectivity index (χ0v) is 14.1. The van der Waals surface area contributed by atoms with Gasteiger partial charge in [-0.1, -0.05) is 0 Å². The van der Waals surface area contributed by atoms with Gasteiger partial charge in [0, 0.05) is 25.3 Å². The van der Waals surface area contributed by atoms with Crippen molar-refractivity contribution in [1.82, 2.24) is 4.98 Å². The van der Waals surface area contributed by atoms with E-state index in [1.807, 2.05) is 12.3 Å². The Kier molecular flexibility index (Phi) is 6.59. The van der Waals surface area contributed by atoms with E-state index in [1.165, 1.54) is 7.11 Å². The maximum Gasteiger partial charge on any atom is 0.307 e. The summed E-state index contributed by atoms with van der Waals surface area (Å²) in [6, 6.07) is 1.58. The molecule has 1 aliphatic rings. The number of aromatic nitrogens is 1. The molecule has 1 aromatic heterocycles. The summed E-state index contributed by atoms with van der Waals surface area (Å²) in [5.74, 6) is -0.319. The van der Waals surface area contributed by atoms with Gasteiger partial charge >= 0.3 is 5.97 Å². The lowest BCUT2D eigenvalue weighted by Crippen LogP contribution is -2.48. The van der Waals surface area contributed by atoms with E-state index in [9.17, 15) is 4.79 Å². The largest absolute Gasteiger partial charge is 0.469 e. The number of anilines is 1. The van der Waals surface area contributed by atoms with E-state index in [2.05, 4.69) is 28.5 Å². The molecule has 0 aromatic carbocycles. The number of hydrogen-bond acceptors (Lipinski definition) is 6. The zero-order chi connectivity index (χ0) is 15.5. The fourth-order valence-electron chi connectivity index (χ4n) is 2.44. The van der Waals surface area contributed by atoms with Gasteiger partial charge in [-0.3, -0.25) is 9.78 Å². The molecule has 1 aliphatic heterocycles. The third-order valence-electron chi connectivity index (χ3n) is 3.58. The Morgan fingerprint density at radius 3 is 2.91 bits per heavy atom. The molecule has 0 spiro atoms. The zero-order valence-electron chi connectivity index (χ0n) is 13.2. The number of ether oxygens (including phenoxy) is 2. The standard InChI is InChI=1S/C15H23N3O3.ClH/c1-15(2)10-18(4-5-21-15)12-6-11(8-17-9-12)13(16)7-14(19)20-3;/h6,8-9,13H,4-5,7,10,16H2,1-3H3;1H/t13-;/m0./s1. The van der Waals surface area contributed by atoms with Crippen LogP contribution in [0.4, 0.5) is 5.69 Å². The SMILES string of the molecule is COC(=O)C[C@H](N)c1cncc(N2CCOC(C)(C)C2)c1.Cl. The van der Waals surface area contributed by atoms with Crippen molar-refractivity contribution in [3.05, 3.63) is 24.0 Å². The molecule has 0 unspecified atom stereocenters. The van der Waals surface area contributed by atoms with Crippen LogP contribution >= 0.6 is 12.4 Å². The van der Waals surface area contributed by atoms with E-state index in [-0.39, 0.29) is 30.4 Å². The van der Waals surface area contributed by atoms with Crippen LogP contribution in [-0.4, -0.2) is 43.4 Å². The first-order valence-corrected chi connectivity index (χ1v) is 7.07. The van der Waals surface area contributed by atoms with Crippen molar-refractivity contribution in [2.75, 3.05) is 31.7 Å². The average molecular weight is 330 g/mol. The Balaban J connectivity index is 0.00000242. The molecule has 2 heterocycles. The Hall–Kier alpha value is -1.37. The van der Waals surface area contributed by atoms with Gasteiger partial charge in [-0.2, -0.15) is 0 Å². The van der Waals surface area contributed by atoms with Gasteiger partial charge in [0.05, 0.1) is 37.6 Å². The van der Waals surface area contributed by atoms with Gasteiger partial charge in [-0.15, -0.1) is 12.4 Å². The fraction of sp³-hybridized carbons (Fsp3) is 0.600. The fourth-order valence-corrected chi connectivity index (χ4v) is 2.44. The molecule has 2 N–H and O–H groups in total. The first-order valence-electron chi connectivity index (χ1n) is 7.07. The Morgan fingerprint density at radius 1 is 1.55 bits per heavy atom. The van der Waals surface area contributed by atoms with Crippen molar-refractivity contribution in [2.24, 2.45) is 5.73 Å². The van der Waals surface area contributed by atoms with Gasteiger partial charge < -0.3 is 20.1 Å². The average Bonchev–Trinajstić information content (AvgIpc) is 2.46. The second-order valence-electron chi connectivity index (χ2n) is 5.89. The molecule has 0 aliphatic carbocycles. The van der Waals surface area contributed by atoms with Crippen molar-refractivity contribution in [1.29, 1.82) is 0 Å². The molecule has 1 aromatic rings. The lowest BCUT2D eigenvalue weighted by atomic mass is 10.0. The van der Waals surface area contributed by atoms with Gasteiger partial charge in [0.15, 0.2) is 0 Å². The molecule has 7 heteroatoms. The van der Waals surface area contributed by atoms with Crippen LogP contribution < -0.4 is 10.6 Å². The highest BCUT2D eigenvalue weighted by molar-refractivity contribution is 5.85. The number of methoxy groups -OCH3 is 1. The summed E-state index contributed by atoms with van der Waals surface area (Å²) in [5, 5.41) is 0. The summed E-state index contributed by atoms with van der Waals surface area (Å²) in [4.78, 5) is 17.8. The lowest BCUT2D eigenvalue weighted by molar-refractivity contribution is -0.141. The summed E-state index contributed by atoms with van der Waals surface area (Å²) in [5.41, 5.74) is 7.70. The number of nitrogens with zero attached hydrogens (tertiary/aromatic N) is 2. The molecule has 0 saturated carbocycles. The molecule has 2 rings (SSSR count). The van der Waals surface area contributed by atoms with Gasteiger partial charge in [0.1, 0.15) is 0 Å². The molecular formula is C15H24ClN3O3. The number of rotatable bonds is 4. The number of esters is 1. The van der Waals surface area contributed by atoms with Crippen LogP contribution in [0, 0.1) is 0 Å². The Bertz CT molecular complexity index is 511. The highest BCUT2D eigenvalue weighted by Gasteiger charge is 2.27. The van der Waals surface area contributed by atoms with E-state index in [0.29, 0.717) is 6.61 Å². The first kappa shape index (κ1) is 18.7. The number of pyridine rings is 1. The molecule has 0 bridgehead atoms. The van der Waals surface area contributed by atoms with Crippen LogP contribution in [0.2, 0.25) is 0 Å². The minimum atomic E-state index is -0.404. The van der Waals surface area contributed by atoms with E-state index in [4.69, 9.17) is 10.5 Å². The molecule has 0 amide bonds. The third kappa shape index (κ3) is 4.83. The van der Waals surface area contributed by atoms with Crippen LogP contribution in [0.25, 0.3) is 0 Å². The summed E-state index contributed by atoms with van der Waals surface area (Å²) in [6.45, 7) is 6.44. The summed E-state index contributed by atoms with van der Waals surface area (Å²) in [6.07, 6.45) is 3.66. The monoisotopic (exact) mass is 329 g/mol. The highest BCUT2D eigenvalue weighted by atomic mass is 35.5. The topological polar surface area (TPSA) is 77.7 Å². The number of carbonyl (C=O) groups excluding carboxylic acids is 1. The van der Waals surface area contributed by atoms with Gasteiger partial charge in [-0.05, 0) is 25.5 Å². The van der Waals surface area contributed by atoms with Crippen LogP contribution in [0.5, 0.6) is 0 Å². The maximum atomic E-state index is 11.3. The van der Waals surface area contributed by atoms with Gasteiger partial charge in [-0.25, -0.2) is 0 Å². The van der Waals surface area contributed by atoms with Crippen LogP contribution in [-0.2, 0) is 14.3 Å². The lowest BCUT2D eigenvalue weighted by Gasteiger charge is -2.39. The van der Waals surface area contributed by atoms with Crippen molar-refractivity contribution < 1.29 is 14.3 Å². The Morgan fingerprint density at radius 2 is 2.27 bits per heavy atom. The van der Waals surface area contributed by atoms with Crippen molar-refractivity contribution in [2.45, 2.75) is 31.9 Å². The smallest absolute Gasteiger partial charge is 0.307 e. The summed E-state index contributed by atoms with van der Waals surface area (Å²) >= 11 is 0. The van der Waals surface area contributed by atoms with Gasteiger partial charge in [0.2, 0.25) is 0 Å². The summed E-state index contributed by atoms with van der Waals surface area (Å²) < 4.78 is 10.4. The molecule has 1 fully saturated rings. The van der Waals surface area contributed by atoms with E-state index < -0.39 is 6.04 Å². The second kappa shape index (κ2) is 7.76. The highest BCUT2D eigenvalue weighted by Crippen LogP contribution is 2.25. The molecule has 124 valence electrons. The molecule has 22 heavy (non-hydrogen) atoms. The quantitative estimate of drug-likeness (QED) is 0.847. The molecular weight excluding hydrogens is 306 g/mol. The van der Waals surface area contributed by atoms with Gasteiger partial charge in [0.25, 0.3) is 0 Å². The van der Waals surface area contributed by atoms with Crippen molar-refractivity contribution in [3.63, 3.8) is 0 Å². The molecule has 1 saturated heterocycles. The van der Waals surface area contributed by atoms with E-state index in [1.54, 1.807) is 6.20 Å². The minimum Gasteiger partial charge on any atom is -0.469 e. The number of carbonyl (C=O) groups is 1. The van der Waals surface area contributed by atoms with Crippen LogP contribution in [0.3, 0.4) is 0 Å². The Labute approximate surface area is 137 Å². The third-order valence-corrected chi connectivity index (χ3v) is 3.58. The van der Waals surface area contributed by atoms with Crippen molar-refractivity contribution in [3.8, 4) is 0 Å². The molecule has 0 radical (unpaired) electrons. The second-order valence-corrected chi connectivity index (χ2v) is 5.89. The number of nitrogens with two attached hydrogens (primary N) is 1. The summed E-state index contributed by atoms with van der Waals surface area (Å²) in [7, 11) is 1.36. The van der Waals surface area contributed by atoms with E-state index in [0.717, 1.165) is 24.3 Å². The van der Waals surface area contributed by atoms with Crippen molar-refractivity contribution >= 4 is 24.1 Å². The minimum absolute atomic E-state index is 0. The van der Waals surface area contributed by atoms with Crippen LogP contribution in [0.15, 0.2) is 18.5 Å². The normalized spacial score (nSPS) is 18.3. The van der Waals surface area contributed by atoms with Crippen LogP contribution in [0.1, 0.15) is 31.9 Å². The van der Waals surface area contributed by atoms with E-state index >= 15 is 0 Å². The number of morpholine rings is 1.